The molecule has 2 aromatic carbocycles. The lowest BCUT2D eigenvalue weighted by atomic mass is 10.0. The average molecular weight is 421 g/mol. The molecular formula is C24H27N3O4. The van der Waals surface area contributed by atoms with Gasteiger partial charge in [-0.05, 0) is 29.7 Å². The summed E-state index contributed by atoms with van der Waals surface area (Å²) in [4.78, 5) is 40.9. The smallest absolute Gasteiger partial charge is 0.277 e. The third kappa shape index (κ3) is 5.19. The number of nitrogens with zero attached hydrogens (tertiary/aromatic N) is 2. The van der Waals surface area contributed by atoms with Crippen molar-refractivity contribution < 1.29 is 19.1 Å². The van der Waals surface area contributed by atoms with E-state index in [-0.39, 0.29) is 17.7 Å². The van der Waals surface area contributed by atoms with Gasteiger partial charge in [-0.1, -0.05) is 42.5 Å². The molecule has 0 unspecified atom stereocenters. The molecular weight excluding hydrogens is 394 g/mol. The molecule has 31 heavy (non-hydrogen) atoms. The van der Waals surface area contributed by atoms with E-state index in [0.717, 1.165) is 5.56 Å². The summed E-state index contributed by atoms with van der Waals surface area (Å²) in [5.41, 5.74) is 3.05. The summed E-state index contributed by atoms with van der Waals surface area (Å²) in [6, 6.07) is 16.7. The lowest BCUT2D eigenvalue weighted by Gasteiger charge is -2.21. The normalized spacial score (nSPS) is 13.7. The largest absolute Gasteiger partial charge is 0.385 e. The first kappa shape index (κ1) is 22.2. The van der Waals surface area contributed by atoms with Crippen LogP contribution < -0.4 is 5.32 Å². The van der Waals surface area contributed by atoms with E-state index >= 15 is 0 Å². The second-order valence-electron chi connectivity index (χ2n) is 7.43. The van der Waals surface area contributed by atoms with Crippen LogP contribution in [0.3, 0.4) is 0 Å². The van der Waals surface area contributed by atoms with Crippen molar-refractivity contribution in [3.05, 3.63) is 71.4 Å². The van der Waals surface area contributed by atoms with E-state index in [2.05, 4.69) is 5.32 Å². The molecule has 1 aliphatic rings. The molecule has 0 saturated carbocycles. The zero-order chi connectivity index (χ0) is 22.4. The molecule has 0 saturated heterocycles. The highest BCUT2D eigenvalue weighted by atomic mass is 16.5. The Morgan fingerprint density at radius 3 is 2.32 bits per heavy atom. The first-order chi connectivity index (χ1) is 14.9. The molecule has 0 aromatic heterocycles. The predicted octanol–water partition coefficient (Wildman–Crippen LogP) is 2.89. The maximum Gasteiger partial charge on any atom is 0.277 e. The Labute approximate surface area is 182 Å². The maximum atomic E-state index is 13.3. The topological polar surface area (TPSA) is 79.0 Å². The molecule has 0 bridgehead atoms. The highest BCUT2D eigenvalue weighted by molar-refractivity contribution is 6.35. The molecule has 7 heteroatoms. The number of amides is 3. The van der Waals surface area contributed by atoms with Gasteiger partial charge in [0.2, 0.25) is 5.91 Å². The Bertz CT molecular complexity index is 984. The van der Waals surface area contributed by atoms with Crippen molar-refractivity contribution in [2.75, 3.05) is 32.6 Å². The molecule has 1 N–H and O–H groups in total. The second kappa shape index (κ2) is 10.0. The Kier molecular flexibility index (Phi) is 7.20. The van der Waals surface area contributed by atoms with Crippen LogP contribution in [0.25, 0.3) is 5.57 Å². The number of anilines is 1. The lowest BCUT2D eigenvalue weighted by Crippen LogP contribution is -2.35. The fourth-order valence-electron chi connectivity index (χ4n) is 3.61. The highest BCUT2D eigenvalue weighted by Crippen LogP contribution is 2.32. The van der Waals surface area contributed by atoms with Crippen molar-refractivity contribution in [2.45, 2.75) is 19.9 Å². The number of ether oxygens (including phenoxy) is 1. The summed E-state index contributed by atoms with van der Waals surface area (Å²) in [6.07, 6.45) is 0.568. The lowest BCUT2D eigenvalue weighted by molar-refractivity contribution is -0.137. The van der Waals surface area contributed by atoms with Crippen LogP contribution in [0.5, 0.6) is 0 Å². The Morgan fingerprint density at radius 1 is 1.03 bits per heavy atom. The molecule has 3 rings (SSSR count). The van der Waals surface area contributed by atoms with Gasteiger partial charge in [0.25, 0.3) is 11.8 Å². The van der Waals surface area contributed by atoms with E-state index in [9.17, 15) is 14.4 Å². The number of carbonyl (C=O) groups excluding carboxylic acids is 3. The monoisotopic (exact) mass is 421 g/mol. The molecule has 3 amide bonds. The number of imide groups is 1. The SMILES string of the molecule is COCCCN1C(=O)C(c2ccc(NC(C)=O)cc2)=C(N(C)Cc2ccccc2)C1=O. The van der Waals surface area contributed by atoms with Gasteiger partial charge < -0.3 is 15.0 Å². The minimum absolute atomic E-state index is 0.174. The molecule has 2 aromatic rings. The van der Waals surface area contributed by atoms with Crippen LogP contribution in [0.15, 0.2) is 60.3 Å². The quantitative estimate of drug-likeness (QED) is 0.498. The first-order valence-corrected chi connectivity index (χ1v) is 10.1. The fraction of sp³-hybridized carbons (Fsp3) is 0.292. The van der Waals surface area contributed by atoms with Crippen molar-refractivity contribution in [1.82, 2.24) is 9.80 Å². The molecule has 0 spiro atoms. The number of rotatable bonds is 9. The Hall–Kier alpha value is -3.45. The van der Waals surface area contributed by atoms with E-state index in [1.165, 1.54) is 11.8 Å². The highest BCUT2D eigenvalue weighted by Gasteiger charge is 2.40. The van der Waals surface area contributed by atoms with Crippen LogP contribution >= 0.6 is 0 Å². The molecule has 7 nitrogen and oxygen atoms in total. The maximum absolute atomic E-state index is 13.3. The predicted molar refractivity (Wildman–Crippen MR) is 119 cm³/mol. The zero-order valence-corrected chi connectivity index (χ0v) is 18.1. The number of nitrogens with one attached hydrogen (secondary N) is 1. The van der Waals surface area contributed by atoms with Crippen LogP contribution in [-0.2, 0) is 25.7 Å². The minimum atomic E-state index is -0.316. The van der Waals surface area contributed by atoms with Gasteiger partial charge in [0.05, 0.1) is 5.57 Å². The molecule has 162 valence electrons. The third-order valence-corrected chi connectivity index (χ3v) is 5.01. The van der Waals surface area contributed by atoms with Gasteiger partial charge in [0, 0.05) is 46.5 Å². The van der Waals surface area contributed by atoms with Crippen LogP contribution in [-0.4, -0.2) is 54.8 Å². The van der Waals surface area contributed by atoms with Crippen LogP contribution in [0.4, 0.5) is 5.69 Å². The van der Waals surface area contributed by atoms with Crippen molar-refractivity contribution in [3.8, 4) is 0 Å². The summed E-state index contributed by atoms with van der Waals surface area (Å²) >= 11 is 0. The van der Waals surface area contributed by atoms with Gasteiger partial charge in [0.15, 0.2) is 0 Å². The van der Waals surface area contributed by atoms with E-state index in [4.69, 9.17) is 4.74 Å². The fourth-order valence-corrected chi connectivity index (χ4v) is 3.61. The third-order valence-electron chi connectivity index (χ3n) is 5.01. The summed E-state index contributed by atoms with van der Waals surface area (Å²) in [5.74, 6) is -0.796. The van der Waals surface area contributed by atoms with E-state index < -0.39 is 0 Å². The number of methoxy groups -OCH3 is 1. The first-order valence-electron chi connectivity index (χ1n) is 10.1. The number of hydrogen-bond donors (Lipinski definition) is 1. The molecule has 1 aliphatic heterocycles. The van der Waals surface area contributed by atoms with Crippen LogP contribution in [0, 0.1) is 0 Å². The van der Waals surface area contributed by atoms with Crippen molar-refractivity contribution in [3.63, 3.8) is 0 Å². The number of benzene rings is 2. The average Bonchev–Trinajstić information content (AvgIpc) is 2.99. The zero-order valence-electron chi connectivity index (χ0n) is 18.1. The molecule has 0 aliphatic carbocycles. The Balaban J connectivity index is 1.96. The van der Waals surface area contributed by atoms with Gasteiger partial charge >= 0.3 is 0 Å². The molecule has 0 fully saturated rings. The molecule has 0 radical (unpaired) electrons. The van der Waals surface area contributed by atoms with Gasteiger partial charge in [-0.25, -0.2) is 0 Å². The van der Waals surface area contributed by atoms with Crippen LogP contribution in [0.2, 0.25) is 0 Å². The number of likely N-dealkylation sites (N-methyl/N-ethyl adjacent to an activating group) is 1. The Morgan fingerprint density at radius 2 is 1.71 bits per heavy atom. The summed E-state index contributed by atoms with van der Waals surface area (Å²) in [7, 11) is 3.41. The van der Waals surface area contributed by atoms with Crippen molar-refractivity contribution >= 4 is 29.0 Å². The van der Waals surface area contributed by atoms with Crippen molar-refractivity contribution in [1.29, 1.82) is 0 Å². The summed E-state index contributed by atoms with van der Waals surface area (Å²) in [6.45, 7) is 2.69. The summed E-state index contributed by atoms with van der Waals surface area (Å²) in [5, 5.41) is 2.71. The second-order valence-corrected chi connectivity index (χ2v) is 7.43. The van der Waals surface area contributed by atoms with E-state index in [1.807, 2.05) is 42.3 Å². The van der Waals surface area contributed by atoms with Crippen molar-refractivity contribution in [2.24, 2.45) is 0 Å². The molecule has 0 atom stereocenters. The van der Waals surface area contributed by atoms with Gasteiger partial charge in [-0.2, -0.15) is 0 Å². The van der Waals surface area contributed by atoms with E-state index in [1.54, 1.807) is 31.4 Å². The number of hydrogen-bond acceptors (Lipinski definition) is 5. The minimum Gasteiger partial charge on any atom is -0.385 e. The van der Waals surface area contributed by atoms with Gasteiger partial charge in [-0.15, -0.1) is 0 Å². The van der Waals surface area contributed by atoms with Gasteiger partial charge in [0.1, 0.15) is 5.70 Å². The van der Waals surface area contributed by atoms with Crippen LogP contribution in [0.1, 0.15) is 24.5 Å². The standard InChI is InChI=1S/C24H27N3O4/c1-17(28)25-20-12-10-19(11-13-20)21-22(26(2)16-18-8-5-4-6-9-18)24(30)27(23(21)29)14-7-15-31-3/h4-6,8-13H,7,14-16H2,1-3H3,(H,25,28). The van der Waals surface area contributed by atoms with E-state index in [0.29, 0.717) is 48.6 Å². The summed E-state index contributed by atoms with van der Waals surface area (Å²) < 4.78 is 5.07. The molecule has 1 heterocycles. The van der Waals surface area contributed by atoms with Gasteiger partial charge in [-0.3, -0.25) is 19.3 Å². The number of carbonyl (C=O) groups is 3.